The number of rotatable bonds is 5. The molecule has 2 aromatic carbocycles. The van der Waals surface area contributed by atoms with Gasteiger partial charge in [-0.2, -0.15) is 5.10 Å². The number of terminal acetylenes is 1. The van der Waals surface area contributed by atoms with E-state index in [2.05, 4.69) is 21.4 Å². The molecule has 1 aromatic heterocycles. The van der Waals surface area contributed by atoms with Gasteiger partial charge in [0.2, 0.25) is 0 Å². The monoisotopic (exact) mass is 277 g/mol. The molecule has 0 aliphatic rings. The van der Waals surface area contributed by atoms with Crippen LogP contribution in [0.15, 0.2) is 48.7 Å². The van der Waals surface area contributed by atoms with Gasteiger partial charge in [-0.05, 0) is 18.2 Å². The summed E-state index contributed by atoms with van der Waals surface area (Å²) in [6.45, 7) is 0.930. The highest BCUT2D eigenvalue weighted by molar-refractivity contribution is 5.90. The van der Waals surface area contributed by atoms with Gasteiger partial charge in [-0.1, -0.05) is 30.2 Å². The Hall–Kier alpha value is -2.93. The van der Waals surface area contributed by atoms with Gasteiger partial charge >= 0.3 is 0 Å². The van der Waals surface area contributed by atoms with Crippen molar-refractivity contribution in [1.29, 1.82) is 0 Å². The summed E-state index contributed by atoms with van der Waals surface area (Å²) >= 11 is 0. The van der Waals surface area contributed by atoms with Gasteiger partial charge in [-0.25, -0.2) is 0 Å². The molecule has 21 heavy (non-hydrogen) atoms. The molecule has 0 bridgehead atoms. The van der Waals surface area contributed by atoms with Gasteiger partial charge in [-0.15, -0.1) is 6.42 Å². The van der Waals surface area contributed by atoms with E-state index in [1.165, 1.54) is 0 Å². The summed E-state index contributed by atoms with van der Waals surface area (Å²) in [4.78, 5) is 0. The molecule has 0 unspecified atom stereocenters. The number of hydrogen-bond acceptors (Lipinski definition) is 3. The van der Waals surface area contributed by atoms with Gasteiger partial charge in [0.05, 0.1) is 11.7 Å². The van der Waals surface area contributed by atoms with Gasteiger partial charge in [0, 0.05) is 23.2 Å². The summed E-state index contributed by atoms with van der Waals surface area (Å²) in [6.07, 6.45) is 7.06. The average Bonchev–Trinajstić information content (AvgIpc) is 3.01. The van der Waals surface area contributed by atoms with Crippen LogP contribution in [0.2, 0.25) is 0 Å². The number of fused-ring (bicyclic) bond motifs is 1. The van der Waals surface area contributed by atoms with Crippen LogP contribution < -0.4 is 10.1 Å². The fourth-order valence-corrected chi connectivity index (χ4v) is 2.22. The zero-order chi connectivity index (χ0) is 14.5. The maximum Gasteiger partial charge on any atom is 0.148 e. The lowest BCUT2D eigenvalue weighted by molar-refractivity contribution is 0.366. The van der Waals surface area contributed by atoms with Crippen LogP contribution in [-0.2, 0) is 6.54 Å². The number of aromatic amines is 1. The minimum absolute atomic E-state index is 0.272. The maximum atomic E-state index is 5.55. The molecule has 0 aliphatic heterocycles. The third-order valence-corrected chi connectivity index (χ3v) is 3.24. The van der Waals surface area contributed by atoms with Crippen LogP contribution in [0.25, 0.3) is 10.9 Å². The van der Waals surface area contributed by atoms with Crippen LogP contribution in [0.3, 0.4) is 0 Å². The molecule has 0 saturated carbocycles. The molecule has 0 aliphatic carbocycles. The Kier molecular flexibility index (Phi) is 3.74. The number of ether oxygens (including phenoxy) is 1. The van der Waals surface area contributed by atoms with Crippen molar-refractivity contribution in [3.05, 3.63) is 54.2 Å². The number of nitrogens with zero attached hydrogens (tertiary/aromatic N) is 1. The summed E-state index contributed by atoms with van der Waals surface area (Å²) in [5.74, 6) is 3.29. The number of para-hydroxylation sites is 1. The predicted molar refractivity (Wildman–Crippen MR) is 84.2 cm³/mol. The molecule has 3 rings (SSSR count). The fourth-order valence-electron chi connectivity index (χ4n) is 2.22. The minimum Gasteiger partial charge on any atom is -0.481 e. The second-order valence-corrected chi connectivity index (χ2v) is 4.59. The van der Waals surface area contributed by atoms with Crippen molar-refractivity contribution in [3.63, 3.8) is 0 Å². The van der Waals surface area contributed by atoms with E-state index in [9.17, 15) is 0 Å². The van der Waals surface area contributed by atoms with Crippen LogP contribution in [0.5, 0.6) is 5.75 Å². The number of aromatic nitrogens is 2. The molecule has 0 spiro atoms. The first-order chi connectivity index (χ1) is 10.4. The molecule has 3 aromatic rings. The Morgan fingerprint density at radius 1 is 1.19 bits per heavy atom. The molecule has 0 atom stereocenters. The molecule has 0 amide bonds. The second-order valence-electron chi connectivity index (χ2n) is 4.59. The van der Waals surface area contributed by atoms with Crippen molar-refractivity contribution < 1.29 is 4.74 Å². The molecule has 104 valence electrons. The van der Waals surface area contributed by atoms with Crippen LogP contribution >= 0.6 is 0 Å². The number of anilines is 1. The lowest BCUT2D eigenvalue weighted by Crippen LogP contribution is -2.03. The molecule has 4 nitrogen and oxygen atoms in total. The van der Waals surface area contributed by atoms with Crippen LogP contribution in [-0.4, -0.2) is 16.8 Å². The average molecular weight is 277 g/mol. The predicted octanol–water partition coefficient (Wildman–Crippen LogP) is 3.19. The van der Waals surface area contributed by atoms with Crippen LogP contribution in [0.1, 0.15) is 5.56 Å². The van der Waals surface area contributed by atoms with Crippen LogP contribution in [0, 0.1) is 12.3 Å². The molecular formula is C17H15N3O. The van der Waals surface area contributed by atoms with E-state index in [-0.39, 0.29) is 6.61 Å². The highest BCUT2D eigenvalue weighted by atomic mass is 16.5. The smallest absolute Gasteiger partial charge is 0.148 e. The standard InChI is InChI=1S/C17H15N3O/c1-2-10-21-17-9-4-3-6-13(17)11-18-15-7-5-8-16-14(15)12-19-20-16/h1,3-9,12,18H,10-11H2,(H,19,20). The molecule has 0 saturated heterocycles. The lowest BCUT2D eigenvalue weighted by Gasteiger charge is -2.12. The first kappa shape index (κ1) is 13.1. The molecule has 0 fully saturated rings. The van der Waals surface area contributed by atoms with E-state index < -0.39 is 0 Å². The largest absolute Gasteiger partial charge is 0.481 e. The van der Waals surface area contributed by atoms with Gasteiger partial charge in [0.1, 0.15) is 12.4 Å². The van der Waals surface area contributed by atoms with E-state index in [1.54, 1.807) is 0 Å². The third kappa shape index (κ3) is 2.82. The molecule has 1 heterocycles. The van der Waals surface area contributed by atoms with E-state index in [1.807, 2.05) is 48.7 Å². The Bertz CT molecular complexity index is 786. The Labute approximate surface area is 123 Å². The van der Waals surface area contributed by atoms with Gasteiger partial charge in [0.25, 0.3) is 0 Å². The quantitative estimate of drug-likeness (QED) is 0.704. The highest BCUT2D eigenvalue weighted by Gasteiger charge is 2.05. The Balaban J connectivity index is 1.79. The molecule has 0 radical (unpaired) electrons. The van der Waals surface area contributed by atoms with E-state index in [4.69, 9.17) is 11.2 Å². The number of benzene rings is 2. The van der Waals surface area contributed by atoms with E-state index in [0.717, 1.165) is 27.9 Å². The van der Waals surface area contributed by atoms with Gasteiger partial charge in [-0.3, -0.25) is 5.10 Å². The normalized spacial score (nSPS) is 10.2. The summed E-state index contributed by atoms with van der Waals surface area (Å²) < 4.78 is 5.55. The van der Waals surface area contributed by atoms with E-state index >= 15 is 0 Å². The molecule has 4 heteroatoms. The summed E-state index contributed by atoms with van der Waals surface area (Å²) in [5, 5.41) is 11.5. The number of H-pyrrole nitrogens is 1. The first-order valence-electron chi connectivity index (χ1n) is 6.68. The third-order valence-electron chi connectivity index (χ3n) is 3.24. The SMILES string of the molecule is C#CCOc1ccccc1CNc1cccc2[nH]ncc12. The first-order valence-corrected chi connectivity index (χ1v) is 6.68. The van der Waals surface area contributed by atoms with Crippen molar-refractivity contribution in [2.24, 2.45) is 0 Å². The topological polar surface area (TPSA) is 49.9 Å². The number of nitrogens with one attached hydrogen (secondary N) is 2. The second kappa shape index (κ2) is 6.02. The van der Waals surface area contributed by atoms with E-state index in [0.29, 0.717) is 6.54 Å². The maximum absolute atomic E-state index is 5.55. The fraction of sp³-hybridized carbons (Fsp3) is 0.118. The Morgan fingerprint density at radius 2 is 2.10 bits per heavy atom. The Morgan fingerprint density at radius 3 is 3.00 bits per heavy atom. The van der Waals surface area contributed by atoms with Crippen molar-refractivity contribution in [2.75, 3.05) is 11.9 Å². The summed E-state index contributed by atoms with van der Waals surface area (Å²) in [7, 11) is 0. The zero-order valence-corrected chi connectivity index (χ0v) is 11.5. The lowest BCUT2D eigenvalue weighted by atomic mass is 10.1. The van der Waals surface area contributed by atoms with Crippen LogP contribution in [0.4, 0.5) is 5.69 Å². The highest BCUT2D eigenvalue weighted by Crippen LogP contribution is 2.24. The summed E-state index contributed by atoms with van der Waals surface area (Å²) in [6, 6.07) is 13.9. The minimum atomic E-state index is 0.272. The zero-order valence-electron chi connectivity index (χ0n) is 11.5. The van der Waals surface area contributed by atoms with Crippen molar-refractivity contribution >= 4 is 16.6 Å². The van der Waals surface area contributed by atoms with Gasteiger partial charge in [0.15, 0.2) is 0 Å². The summed E-state index contributed by atoms with van der Waals surface area (Å²) in [5.41, 5.74) is 3.11. The molecule has 2 N–H and O–H groups in total. The molecular weight excluding hydrogens is 262 g/mol. The van der Waals surface area contributed by atoms with Crippen molar-refractivity contribution in [1.82, 2.24) is 10.2 Å². The van der Waals surface area contributed by atoms with Gasteiger partial charge < -0.3 is 10.1 Å². The van der Waals surface area contributed by atoms with Crippen molar-refractivity contribution in [2.45, 2.75) is 6.54 Å². The van der Waals surface area contributed by atoms with Crippen molar-refractivity contribution in [3.8, 4) is 18.1 Å². The number of hydrogen-bond donors (Lipinski definition) is 2.